The van der Waals surface area contributed by atoms with Gasteiger partial charge in [0.25, 0.3) is 0 Å². The summed E-state index contributed by atoms with van der Waals surface area (Å²) in [5.74, 6) is 0.534. The third-order valence-corrected chi connectivity index (χ3v) is 4.16. The predicted octanol–water partition coefficient (Wildman–Crippen LogP) is 2.30. The molecule has 0 radical (unpaired) electrons. The normalized spacial score (nSPS) is 17.6. The van der Waals surface area contributed by atoms with E-state index >= 15 is 0 Å². The van der Waals surface area contributed by atoms with Gasteiger partial charge in [-0.05, 0) is 45.1 Å². The highest BCUT2D eigenvalue weighted by Gasteiger charge is 2.23. The molecule has 1 aromatic carbocycles. The van der Waals surface area contributed by atoms with Crippen molar-refractivity contribution in [2.75, 3.05) is 32.1 Å². The summed E-state index contributed by atoms with van der Waals surface area (Å²) in [6.07, 6.45) is 3.66. The molecule has 106 valence electrons. The topological polar surface area (TPSA) is 32.3 Å². The van der Waals surface area contributed by atoms with Crippen molar-refractivity contribution in [3.63, 3.8) is 0 Å². The summed E-state index contributed by atoms with van der Waals surface area (Å²) in [7, 11) is 4.19. The van der Waals surface area contributed by atoms with Crippen LogP contribution in [0.5, 0.6) is 0 Å². The SMILES string of the molecule is CN1CCC(N(C)c2ncnc3c(F)cccc23)CC1. The van der Waals surface area contributed by atoms with Crippen LogP contribution in [0.4, 0.5) is 10.2 Å². The second-order valence-corrected chi connectivity index (χ2v) is 5.48. The molecule has 0 bridgehead atoms. The van der Waals surface area contributed by atoms with E-state index in [1.165, 1.54) is 12.4 Å². The molecular weight excluding hydrogens is 255 g/mol. The lowest BCUT2D eigenvalue weighted by atomic mass is 10.0. The van der Waals surface area contributed by atoms with Gasteiger partial charge in [-0.25, -0.2) is 14.4 Å². The Morgan fingerprint density at radius 3 is 2.75 bits per heavy atom. The highest BCUT2D eigenvalue weighted by Crippen LogP contribution is 2.27. The summed E-state index contributed by atoms with van der Waals surface area (Å²) in [4.78, 5) is 12.9. The van der Waals surface area contributed by atoms with Crippen molar-refractivity contribution in [2.45, 2.75) is 18.9 Å². The second-order valence-electron chi connectivity index (χ2n) is 5.48. The summed E-state index contributed by atoms with van der Waals surface area (Å²) >= 11 is 0. The first-order valence-corrected chi connectivity index (χ1v) is 6.97. The second kappa shape index (κ2) is 5.32. The molecule has 0 unspecified atom stereocenters. The molecule has 1 saturated heterocycles. The summed E-state index contributed by atoms with van der Waals surface area (Å²) in [5.41, 5.74) is 0.400. The minimum atomic E-state index is -0.289. The zero-order chi connectivity index (χ0) is 14.1. The van der Waals surface area contributed by atoms with Crippen LogP contribution in [0.2, 0.25) is 0 Å². The Morgan fingerprint density at radius 2 is 2.00 bits per heavy atom. The maximum absolute atomic E-state index is 13.8. The number of hydrogen-bond acceptors (Lipinski definition) is 4. The Labute approximate surface area is 118 Å². The minimum absolute atomic E-state index is 0.289. The first-order valence-electron chi connectivity index (χ1n) is 6.97. The van der Waals surface area contributed by atoms with E-state index in [1.54, 1.807) is 6.07 Å². The van der Waals surface area contributed by atoms with E-state index < -0.39 is 0 Å². The van der Waals surface area contributed by atoms with Crippen LogP contribution >= 0.6 is 0 Å². The van der Waals surface area contributed by atoms with Crippen LogP contribution in [0.15, 0.2) is 24.5 Å². The molecular formula is C15H19FN4. The van der Waals surface area contributed by atoms with Crippen LogP contribution in [0, 0.1) is 5.82 Å². The highest BCUT2D eigenvalue weighted by atomic mass is 19.1. The molecule has 20 heavy (non-hydrogen) atoms. The van der Waals surface area contributed by atoms with Gasteiger partial charge in [0.1, 0.15) is 23.5 Å². The first kappa shape index (κ1) is 13.2. The number of anilines is 1. The fourth-order valence-corrected chi connectivity index (χ4v) is 2.87. The van der Waals surface area contributed by atoms with Gasteiger partial charge in [0, 0.05) is 18.5 Å². The van der Waals surface area contributed by atoms with E-state index in [2.05, 4.69) is 26.8 Å². The minimum Gasteiger partial charge on any atom is -0.356 e. The molecule has 4 nitrogen and oxygen atoms in total. The number of piperidine rings is 1. The molecule has 1 aliphatic heterocycles. The zero-order valence-electron chi connectivity index (χ0n) is 11.9. The van der Waals surface area contributed by atoms with Crippen molar-refractivity contribution in [3.05, 3.63) is 30.3 Å². The summed E-state index contributed by atoms with van der Waals surface area (Å²) in [6.45, 7) is 2.18. The van der Waals surface area contributed by atoms with Crippen molar-refractivity contribution >= 4 is 16.7 Å². The van der Waals surface area contributed by atoms with Crippen LogP contribution in [0.1, 0.15) is 12.8 Å². The van der Waals surface area contributed by atoms with Crippen molar-refractivity contribution in [3.8, 4) is 0 Å². The number of benzene rings is 1. The van der Waals surface area contributed by atoms with Gasteiger partial charge in [0.05, 0.1) is 0 Å². The average molecular weight is 274 g/mol. The number of aromatic nitrogens is 2. The maximum atomic E-state index is 13.8. The zero-order valence-corrected chi connectivity index (χ0v) is 11.9. The van der Waals surface area contributed by atoms with Crippen molar-refractivity contribution in [2.24, 2.45) is 0 Å². The van der Waals surface area contributed by atoms with E-state index in [4.69, 9.17) is 0 Å². The molecule has 2 heterocycles. The van der Waals surface area contributed by atoms with Gasteiger partial charge in [-0.3, -0.25) is 0 Å². The third-order valence-electron chi connectivity index (χ3n) is 4.16. The van der Waals surface area contributed by atoms with Gasteiger partial charge in [0.15, 0.2) is 0 Å². The molecule has 0 aliphatic carbocycles. The fraction of sp³-hybridized carbons (Fsp3) is 0.467. The van der Waals surface area contributed by atoms with Gasteiger partial charge in [-0.15, -0.1) is 0 Å². The number of hydrogen-bond donors (Lipinski definition) is 0. The van der Waals surface area contributed by atoms with Crippen LogP contribution in [-0.4, -0.2) is 48.1 Å². The molecule has 0 saturated carbocycles. The van der Waals surface area contributed by atoms with E-state index in [-0.39, 0.29) is 5.82 Å². The van der Waals surface area contributed by atoms with E-state index in [1.807, 2.05) is 13.1 Å². The Balaban J connectivity index is 1.95. The molecule has 1 aromatic heterocycles. The fourth-order valence-electron chi connectivity index (χ4n) is 2.87. The monoisotopic (exact) mass is 274 g/mol. The number of nitrogens with zero attached hydrogens (tertiary/aromatic N) is 4. The molecule has 2 aromatic rings. The molecule has 3 rings (SSSR count). The van der Waals surface area contributed by atoms with Crippen molar-refractivity contribution in [1.29, 1.82) is 0 Å². The van der Waals surface area contributed by atoms with E-state index in [9.17, 15) is 4.39 Å². The molecule has 1 fully saturated rings. The van der Waals surface area contributed by atoms with Gasteiger partial charge in [0.2, 0.25) is 0 Å². The van der Waals surface area contributed by atoms with E-state index in [0.717, 1.165) is 37.1 Å². The molecule has 0 N–H and O–H groups in total. The largest absolute Gasteiger partial charge is 0.356 e. The Hall–Kier alpha value is -1.75. The molecule has 0 amide bonds. The lowest BCUT2D eigenvalue weighted by Gasteiger charge is -2.36. The predicted molar refractivity (Wildman–Crippen MR) is 78.4 cm³/mol. The molecule has 1 aliphatic rings. The summed E-state index contributed by atoms with van der Waals surface area (Å²) in [6, 6.07) is 5.49. The van der Waals surface area contributed by atoms with Crippen molar-refractivity contribution < 1.29 is 4.39 Å². The van der Waals surface area contributed by atoms with Crippen LogP contribution in [0.3, 0.4) is 0 Å². The lowest BCUT2D eigenvalue weighted by Crippen LogP contribution is -2.42. The lowest BCUT2D eigenvalue weighted by molar-refractivity contribution is 0.252. The maximum Gasteiger partial charge on any atom is 0.149 e. The molecule has 0 atom stereocenters. The van der Waals surface area contributed by atoms with Crippen LogP contribution < -0.4 is 4.90 Å². The quantitative estimate of drug-likeness (QED) is 0.841. The third kappa shape index (κ3) is 2.33. The van der Waals surface area contributed by atoms with Crippen molar-refractivity contribution in [1.82, 2.24) is 14.9 Å². The van der Waals surface area contributed by atoms with Gasteiger partial charge in [-0.1, -0.05) is 6.07 Å². The smallest absolute Gasteiger partial charge is 0.149 e. The number of fused-ring (bicyclic) bond motifs is 1. The Morgan fingerprint density at radius 1 is 1.25 bits per heavy atom. The number of para-hydroxylation sites is 1. The Bertz CT molecular complexity index is 608. The summed E-state index contributed by atoms with van der Waals surface area (Å²) < 4.78 is 13.8. The Kier molecular flexibility index (Phi) is 3.53. The van der Waals surface area contributed by atoms with Gasteiger partial charge in [-0.2, -0.15) is 0 Å². The standard InChI is InChI=1S/C15H19FN4/c1-19-8-6-11(7-9-19)20(2)15-12-4-3-5-13(16)14(12)17-10-18-15/h3-5,10-11H,6-9H2,1-2H3. The first-order chi connectivity index (χ1) is 9.66. The number of likely N-dealkylation sites (tertiary alicyclic amines) is 1. The van der Waals surface area contributed by atoms with Gasteiger partial charge < -0.3 is 9.80 Å². The van der Waals surface area contributed by atoms with E-state index in [0.29, 0.717) is 11.6 Å². The average Bonchev–Trinajstić information content (AvgIpc) is 2.47. The number of halogens is 1. The summed E-state index contributed by atoms with van der Waals surface area (Å²) in [5, 5.41) is 0.786. The molecule has 5 heteroatoms. The van der Waals surface area contributed by atoms with Crippen LogP contribution in [-0.2, 0) is 0 Å². The molecule has 0 spiro atoms. The number of rotatable bonds is 2. The van der Waals surface area contributed by atoms with Gasteiger partial charge >= 0.3 is 0 Å². The van der Waals surface area contributed by atoms with Crippen LogP contribution in [0.25, 0.3) is 10.9 Å². The highest BCUT2D eigenvalue weighted by molar-refractivity contribution is 5.89.